The Bertz CT molecular complexity index is 869. The van der Waals surface area contributed by atoms with Gasteiger partial charge in [-0.25, -0.2) is 8.78 Å². The van der Waals surface area contributed by atoms with Crippen LogP contribution in [0, 0.1) is 0 Å². The molecule has 0 saturated heterocycles. The van der Waals surface area contributed by atoms with Crippen molar-refractivity contribution in [2.75, 3.05) is 20.1 Å². The topological polar surface area (TPSA) is 50.4 Å². The van der Waals surface area contributed by atoms with Crippen molar-refractivity contribution in [3.8, 4) is 0 Å². The Labute approximate surface area is 221 Å². The van der Waals surface area contributed by atoms with E-state index in [9.17, 15) is 13.2 Å². The minimum atomic E-state index is -2.52. The lowest BCUT2D eigenvalue weighted by atomic mass is 9.79. The van der Waals surface area contributed by atoms with E-state index in [0.717, 1.165) is 29.7 Å². The van der Waals surface area contributed by atoms with Gasteiger partial charge < -0.3 is 5.73 Å². The molecule has 0 amide bonds. The molecular weight excluding hydrogens is 483 g/mol. The summed E-state index contributed by atoms with van der Waals surface area (Å²) in [4.78, 5) is 4.68. The molecule has 1 fully saturated rings. The Morgan fingerprint density at radius 3 is 2.22 bits per heavy atom. The third-order valence-corrected chi connectivity index (χ3v) is 5.90. The number of benzene rings is 2. The molecule has 0 aromatic heterocycles. The van der Waals surface area contributed by atoms with Gasteiger partial charge in [0, 0.05) is 24.2 Å². The average molecular weight is 526 g/mol. The van der Waals surface area contributed by atoms with Crippen LogP contribution in [0.5, 0.6) is 0 Å². The molecule has 2 aromatic carbocycles. The maximum absolute atomic E-state index is 13.6. The fourth-order valence-corrected chi connectivity index (χ4v) is 4.44. The molecule has 3 N–H and O–H groups in total. The summed E-state index contributed by atoms with van der Waals surface area (Å²) in [5.74, 6) is 0.291. The minimum absolute atomic E-state index is 0.0231. The van der Waals surface area contributed by atoms with E-state index >= 15 is 0 Å². The normalized spacial score (nSPS) is 15.2. The van der Waals surface area contributed by atoms with Crippen LogP contribution in [0.4, 0.5) is 13.2 Å². The second-order valence-electron chi connectivity index (χ2n) is 7.76. The molecule has 3 rings (SSSR count). The number of aliphatic imine (C=N–C) groups is 1. The van der Waals surface area contributed by atoms with Crippen molar-refractivity contribution in [1.29, 1.82) is 0 Å². The maximum atomic E-state index is 13.6. The molecule has 0 bridgehead atoms. The molecule has 0 heterocycles. The van der Waals surface area contributed by atoms with Gasteiger partial charge in [-0.2, -0.15) is 0 Å². The molecular formula is C29H43ClF3N3. The third kappa shape index (κ3) is 10.1. The highest BCUT2D eigenvalue weighted by Crippen LogP contribution is 2.38. The van der Waals surface area contributed by atoms with Gasteiger partial charge in [0.15, 0.2) is 0 Å². The van der Waals surface area contributed by atoms with Gasteiger partial charge in [0.1, 0.15) is 0 Å². The van der Waals surface area contributed by atoms with Crippen molar-refractivity contribution in [3.63, 3.8) is 0 Å². The van der Waals surface area contributed by atoms with Crippen LogP contribution in [0.2, 0.25) is 0 Å². The summed E-state index contributed by atoms with van der Waals surface area (Å²) in [7, 11) is 2.00. The van der Waals surface area contributed by atoms with E-state index in [1.807, 2.05) is 51.1 Å². The molecule has 36 heavy (non-hydrogen) atoms. The molecule has 3 nitrogen and oxygen atoms in total. The Morgan fingerprint density at radius 2 is 1.69 bits per heavy atom. The van der Waals surface area contributed by atoms with Crippen molar-refractivity contribution in [3.05, 3.63) is 83.1 Å². The smallest absolute Gasteiger partial charge is 0.263 e. The van der Waals surface area contributed by atoms with E-state index in [-0.39, 0.29) is 5.56 Å². The molecule has 0 spiro atoms. The summed E-state index contributed by atoms with van der Waals surface area (Å²) in [6.45, 7) is 5.94. The van der Waals surface area contributed by atoms with E-state index in [4.69, 9.17) is 11.6 Å². The monoisotopic (exact) mass is 525 g/mol. The number of nitrogens with zero attached hydrogens (tertiary/aromatic N) is 1. The number of allylic oxidation sites excluding steroid dienone is 1. The summed E-state index contributed by atoms with van der Waals surface area (Å²) >= 11 is 5.90. The summed E-state index contributed by atoms with van der Waals surface area (Å²) in [5, 5.41) is 3.85. The van der Waals surface area contributed by atoms with Crippen LogP contribution in [0.25, 0.3) is 0 Å². The molecule has 1 aliphatic carbocycles. The fourth-order valence-electron chi connectivity index (χ4n) is 4.37. The zero-order valence-electron chi connectivity index (χ0n) is 22.3. The Balaban J connectivity index is 0.00000190. The first-order chi connectivity index (χ1) is 17.6. The number of nitrogens with one attached hydrogen (secondary N) is 1. The predicted octanol–water partition coefficient (Wildman–Crippen LogP) is 7.99. The van der Waals surface area contributed by atoms with Crippen LogP contribution in [0.3, 0.4) is 0 Å². The lowest BCUT2D eigenvalue weighted by molar-refractivity contribution is 0.151. The molecule has 1 aliphatic rings. The van der Waals surface area contributed by atoms with E-state index in [1.54, 1.807) is 18.3 Å². The highest BCUT2D eigenvalue weighted by atomic mass is 35.5. The molecule has 7 heteroatoms. The van der Waals surface area contributed by atoms with Crippen LogP contribution in [0.15, 0.2) is 71.4 Å². The zero-order valence-corrected chi connectivity index (χ0v) is 23.0. The van der Waals surface area contributed by atoms with Crippen LogP contribution >= 0.6 is 11.6 Å². The summed E-state index contributed by atoms with van der Waals surface area (Å²) < 4.78 is 36.6. The third-order valence-electron chi connectivity index (χ3n) is 5.76. The van der Waals surface area contributed by atoms with Crippen molar-refractivity contribution < 1.29 is 13.2 Å². The highest BCUT2D eigenvalue weighted by molar-refractivity contribution is 6.24. The summed E-state index contributed by atoms with van der Waals surface area (Å²) in [6.07, 6.45) is 6.20. The van der Waals surface area contributed by atoms with Crippen LogP contribution in [0.1, 0.15) is 69.6 Å². The standard InChI is InChI=1S/C25H29ClF2N2.C2H6.CH3F.CH5N/c1-2-23(29-16-15-26)25(30-22-13-6-7-14-22,18-19-9-4-3-5-10-19)21-12-8-11-20(17-21)24(27)28;3*1-2/h2-5,8-12,16-17,22,24,30H,6-7,13-15,18H2,1H3;1-2H3;1H3;2H2,1H3/b23-2-,29-16?;;;. The molecule has 1 saturated carbocycles. The number of nitrogens with two attached hydrogens (primary N) is 1. The van der Waals surface area contributed by atoms with Crippen LogP contribution in [-0.2, 0) is 12.0 Å². The molecule has 0 radical (unpaired) electrons. The number of hydrogen-bond acceptors (Lipinski definition) is 3. The van der Waals surface area contributed by atoms with E-state index in [1.165, 1.54) is 26.0 Å². The Morgan fingerprint density at radius 1 is 1.08 bits per heavy atom. The van der Waals surface area contributed by atoms with E-state index in [0.29, 0.717) is 25.5 Å². The minimum Gasteiger partial charge on any atom is -0.333 e. The van der Waals surface area contributed by atoms with Gasteiger partial charge in [-0.05, 0) is 44.0 Å². The van der Waals surface area contributed by atoms with Crippen LogP contribution in [-0.4, -0.2) is 32.4 Å². The van der Waals surface area contributed by atoms with Crippen molar-refractivity contribution in [2.45, 2.75) is 70.9 Å². The average Bonchev–Trinajstić information content (AvgIpc) is 3.46. The fraction of sp³-hybridized carbons (Fsp3) is 0.483. The molecule has 1 atom stereocenters. The number of alkyl halides is 4. The van der Waals surface area contributed by atoms with Crippen LogP contribution < -0.4 is 11.1 Å². The predicted molar refractivity (Wildman–Crippen MR) is 150 cm³/mol. The van der Waals surface area contributed by atoms with Crippen molar-refractivity contribution >= 4 is 17.8 Å². The molecule has 0 aliphatic heterocycles. The van der Waals surface area contributed by atoms with E-state index < -0.39 is 12.0 Å². The largest absolute Gasteiger partial charge is 0.333 e. The van der Waals surface area contributed by atoms with Crippen molar-refractivity contribution in [2.24, 2.45) is 10.7 Å². The van der Waals surface area contributed by atoms with Gasteiger partial charge in [-0.15, -0.1) is 11.6 Å². The first-order valence-electron chi connectivity index (χ1n) is 12.5. The number of hydrogen-bond donors (Lipinski definition) is 2. The number of halogens is 4. The van der Waals surface area contributed by atoms with Gasteiger partial charge in [-0.1, -0.05) is 81.3 Å². The van der Waals surface area contributed by atoms with Gasteiger partial charge >= 0.3 is 0 Å². The summed E-state index contributed by atoms with van der Waals surface area (Å²) in [5.41, 5.74) is 6.51. The quantitative estimate of drug-likeness (QED) is 0.257. The van der Waals surface area contributed by atoms with Gasteiger partial charge in [-0.3, -0.25) is 14.7 Å². The first-order valence-corrected chi connectivity index (χ1v) is 13.0. The van der Waals surface area contributed by atoms with E-state index in [2.05, 4.69) is 28.2 Å². The first kappa shape index (κ1) is 33.8. The maximum Gasteiger partial charge on any atom is 0.263 e. The molecule has 1 unspecified atom stereocenters. The highest BCUT2D eigenvalue weighted by Gasteiger charge is 2.39. The number of rotatable bonds is 9. The lowest BCUT2D eigenvalue weighted by Gasteiger charge is -2.39. The summed E-state index contributed by atoms with van der Waals surface area (Å²) in [6, 6.07) is 17.2. The second kappa shape index (κ2) is 20.0. The SMILES string of the molecule is C/C=C(\N=CCCl)C(Cc1ccccc1)(NC1CCCC1)c1cccc(C(F)F)c1.CC.CF.CN. The Hall–Kier alpha value is -2.15. The molecule has 2 aromatic rings. The Kier molecular flexibility index (Phi) is 18.8. The lowest BCUT2D eigenvalue weighted by Crippen LogP contribution is -2.50. The van der Waals surface area contributed by atoms with Crippen molar-refractivity contribution in [1.82, 2.24) is 5.32 Å². The van der Waals surface area contributed by atoms with Gasteiger partial charge in [0.05, 0.1) is 24.3 Å². The van der Waals surface area contributed by atoms with Gasteiger partial charge in [0.2, 0.25) is 0 Å². The second-order valence-corrected chi connectivity index (χ2v) is 8.07. The molecule has 202 valence electrons. The zero-order chi connectivity index (χ0) is 27.4. The van der Waals surface area contributed by atoms with Gasteiger partial charge in [0.25, 0.3) is 6.43 Å².